The van der Waals surface area contributed by atoms with E-state index < -0.39 is 6.04 Å². The topological polar surface area (TPSA) is 133 Å². The second kappa shape index (κ2) is 10.2. The van der Waals surface area contributed by atoms with Crippen molar-refractivity contribution in [2.24, 2.45) is 0 Å². The van der Waals surface area contributed by atoms with Gasteiger partial charge in [-0.1, -0.05) is 12.1 Å². The van der Waals surface area contributed by atoms with E-state index in [1.165, 1.54) is 21.5 Å². The lowest BCUT2D eigenvalue weighted by Crippen LogP contribution is -2.36. The van der Waals surface area contributed by atoms with E-state index in [0.717, 1.165) is 20.5 Å². The molecule has 0 bridgehead atoms. The van der Waals surface area contributed by atoms with Crippen LogP contribution in [0, 0.1) is 12.7 Å². The van der Waals surface area contributed by atoms with Gasteiger partial charge in [0.15, 0.2) is 0 Å². The van der Waals surface area contributed by atoms with Crippen molar-refractivity contribution in [1.82, 2.24) is 29.6 Å². The molecule has 5 heterocycles. The summed E-state index contributed by atoms with van der Waals surface area (Å²) in [5.74, 6) is 0.420. The first-order valence-electron chi connectivity index (χ1n) is 12.9. The third-order valence-electron chi connectivity index (χ3n) is 7.11. The summed E-state index contributed by atoms with van der Waals surface area (Å²) in [4.78, 5) is 36.2. The Balaban J connectivity index is 1.19. The maximum Gasteiger partial charge on any atom is 0.277 e. The van der Waals surface area contributed by atoms with Crippen molar-refractivity contribution in [3.05, 3.63) is 93.1 Å². The van der Waals surface area contributed by atoms with E-state index in [-0.39, 0.29) is 29.0 Å². The highest BCUT2D eigenvalue weighted by Crippen LogP contribution is 2.28. The highest BCUT2D eigenvalue weighted by Gasteiger charge is 2.31. The molecule has 40 heavy (non-hydrogen) atoms. The van der Waals surface area contributed by atoms with Crippen LogP contribution in [0.5, 0.6) is 0 Å². The average molecular weight is 559 g/mol. The Kier molecular flexibility index (Phi) is 6.54. The van der Waals surface area contributed by atoms with Gasteiger partial charge in [-0.2, -0.15) is 5.10 Å². The maximum atomic E-state index is 14.3. The Hall–Kier alpha value is -4.58. The van der Waals surface area contributed by atoms with E-state index in [4.69, 9.17) is 5.73 Å². The largest absolute Gasteiger partial charge is 0.384 e. The number of para-hydroxylation sites is 1. The van der Waals surface area contributed by atoms with Gasteiger partial charge in [0, 0.05) is 39.3 Å². The van der Waals surface area contributed by atoms with Crippen molar-refractivity contribution < 1.29 is 9.18 Å². The summed E-state index contributed by atoms with van der Waals surface area (Å²) < 4.78 is 18.3. The molecule has 6 rings (SSSR count). The van der Waals surface area contributed by atoms with Gasteiger partial charge in [0.05, 0.1) is 24.5 Å². The van der Waals surface area contributed by atoms with Gasteiger partial charge in [0.1, 0.15) is 34.9 Å². The fourth-order valence-electron chi connectivity index (χ4n) is 5.11. The molecule has 4 aromatic heterocycles. The zero-order chi connectivity index (χ0) is 28.0. The number of hydrogen-bond acceptors (Lipinski definition) is 8. The standard InChI is InChI=1S/C28H27FN8O2S/c1-15(19-14-36(35-16(19)2)22-6-4-3-5-20(22)29)34-21-13-32-26-8-7-23(37(26)28(21)39)27(38)33-12-18-9-17-11-31-25(30)10-24(17)40-18/h3-6,9-11,13-15,23,34H,7-8,12H2,1-2H3,(H2,30,31)(H,33,38)/t15-,23+/m1/s1. The number of aromatic nitrogens is 5. The van der Waals surface area contributed by atoms with E-state index in [9.17, 15) is 14.0 Å². The average Bonchev–Trinajstić information content (AvgIpc) is 3.65. The SMILES string of the molecule is Cc1nn(-c2ccccc2F)cc1[C@@H](C)Nc1cnc2n(c1=O)[C@H](C(=O)NCc1cc3cnc(N)cc3s1)CC2. The molecule has 1 aliphatic rings. The molecule has 0 spiro atoms. The number of nitrogens with zero attached hydrogens (tertiary/aromatic N) is 5. The Bertz CT molecular complexity index is 1810. The summed E-state index contributed by atoms with van der Waals surface area (Å²) in [6.07, 6.45) is 6.00. The summed E-state index contributed by atoms with van der Waals surface area (Å²) >= 11 is 1.54. The first-order valence-corrected chi connectivity index (χ1v) is 13.7. The lowest BCUT2D eigenvalue weighted by atomic mass is 10.1. The molecule has 0 unspecified atom stereocenters. The zero-order valence-electron chi connectivity index (χ0n) is 21.9. The first kappa shape index (κ1) is 25.7. The van der Waals surface area contributed by atoms with Gasteiger partial charge >= 0.3 is 0 Å². The second-order valence-corrected chi connectivity index (χ2v) is 11.0. The van der Waals surface area contributed by atoms with Crippen molar-refractivity contribution >= 4 is 38.8 Å². The lowest BCUT2D eigenvalue weighted by Gasteiger charge is -2.18. The number of aryl methyl sites for hydroxylation is 2. The molecule has 10 nitrogen and oxygen atoms in total. The van der Waals surface area contributed by atoms with Crippen LogP contribution in [-0.4, -0.2) is 30.2 Å². The fourth-order valence-corrected chi connectivity index (χ4v) is 6.13. The normalized spacial score (nSPS) is 15.2. The number of carbonyl (C=O) groups excluding carboxylic acids is 1. The maximum absolute atomic E-state index is 14.3. The first-order chi connectivity index (χ1) is 19.3. The molecule has 1 aliphatic heterocycles. The van der Waals surface area contributed by atoms with Crippen LogP contribution in [0.1, 0.15) is 47.4 Å². The molecule has 0 saturated carbocycles. The van der Waals surface area contributed by atoms with Crippen molar-refractivity contribution in [3.8, 4) is 5.69 Å². The van der Waals surface area contributed by atoms with Gasteiger partial charge < -0.3 is 16.4 Å². The number of halogens is 1. The molecule has 4 N–H and O–H groups in total. The number of thiophene rings is 1. The van der Waals surface area contributed by atoms with Crippen molar-refractivity contribution in [2.45, 2.75) is 45.3 Å². The Morgan fingerprint density at radius 3 is 2.90 bits per heavy atom. The second-order valence-electron chi connectivity index (χ2n) is 9.83. The molecular formula is C28H27FN8O2S. The number of amides is 1. The van der Waals surface area contributed by atoms with E-state index in [1.54, 1.807) is 41.9 Å². The number of carbonyl (C=O) groups is 1. The van der Waals surface area contributed by atoms with Crippen LogP contribution in [0.3, 0.4) is 0 Å². The van der Waals surface area contributed by atoms with E-state index in [2.05, 4.69) is 25.7 Å². The molecule has 0 radical (unpaired) electrons. The van der Waals surface area contributed by atoms with Gasteiger partial charge in [-0.25, -0.2) is 19.0 Å². The number of pyridine rings is 1. The van der Waals surface area contributed by atoms with Crippen LogP contribution < -0.4 is 21.9 Å². The number of rotatable bonds is 7. The number of nitrogens with two attached hydrogens (primary N) is 1. The highest BCUT2D eigenvalue weighted by atomic mass is 32.1. The van der Waals surface area contributed by atoms with Crippen LogP contribution in [0.25, 0.3) is 15.8 Å². The molecule has 1 amide bonds. The van der Waals surface area contributed by atoms with Crippen LogP contribution in [-0.2, 0) is 17.8 Å². The van der Waals surface area contributed by atoms with Gasteiger partial charge in [0.2, 0.25) is 5.91 Å². The third-order valence-corrected chi connectivity index (χ3v) is 8.21. The van der Waals surface area contributed by atoms with E-state index in [0.29, 0.717) is 42.4 Å². The quantitative estimate of drug-likeness (QED) is 0.275. The lowest BCUT2D eigenvalue weighted by molar-refractivity contribution is -0.124. The van der Waals surface area contributed by atoms with Crippen LogP contribution >= 0.6 is 11.3 Å². The number of hydrogen-bond donors (Lipinski definition) is 3. The van der Waals surface area contributed by atoms with Crippen LogP contribution in [0.2, 0.25) is 0 Å². The minimum Gasteiger partial charge on any atom is -0.384 e. The summed E-state index contributed by atoms with van der Waals surface area (Å²) in [7, 11) is 0. The number of anilines is 2. The minimum absolute atomic E-state index is 0.232. The Morgan fingerprint density at radius 1 is 1.25 bits per heavy atom. The summed E-state index contributed by atoms with van der Waals surface area (Å²) in [6, 6.07) is 9.22. The smallest absolute Gasteiger partial charge is 0.277 e. The molecule has 0 fully saturated rings. The van der Waals surface area contributed by atoms with E-state index >= 15 is 0 Å². The highest BCUT2D eigenvalue weighted by molar-refractivity contribution is 7.19. The monoisotopic (exact) mass is 558 g/mol. The number of fused-ring (bicyclic) bond motifs is 2. The molecule has 5 aromatic rings. The summed E-state index contributed by atoms with van der Waals surface area (Å²) in [5, 5.41) is 11.6. The van der Waals surface area contributed by atoms with Gasteiger partial charge in [-0.15, -0.1) is 11.3 Å². The molecular weight excluding hydrogens is 531 g/mol. The van der Waals surface area contributed by atoms with Crippen molar-refractivity contribution in [2.75, 3.05) is 11.1 Å². The van der Waals surface area contributed by atoms with E-state index in [1.807, 2.05) is 26.0 Å². The predicted octanol–water partition coefficient (Wildman–Crippen LogP) is 4.05. The Labute approximate surface area is 232 Å². The van der Waals surface area contributed by atoms with Crippen LogP contribution in [0.4, 0.5) is 15.9 Å². The molecule has 0 saturated heterocycles. The van der Waals surface area contributed by atoms with Crippen LogP contribution in [0.15, 0.2) is 59.8 Å². The number of nitrogens with one attached hydrogen (secondary N) is 2. The fraction of sp³-hybridized carbons (Fsp3) is 0.250. The number of nitrogen functional groups attached to an aromatic ring is 1. The molecule has 0 aliphatic carbocycles. The minimum atomic E-state index is -0.649. The Morgan fingerprint density at radius 2 is 2.08 bits per heavy atom. The molecule has 1 aromatic carbocycles. The molecule has 12 heteroatoms. The predicted molar refractivity (Wildman–Crippen MR) is 152 cm³/mol. The molecule has 2 atom stereocenters. The molecule has 204 valence electrons. The summed E-state index contributed by atoms with van der Waals surface area (Å²) in [5.41, 5.74) is 7.60. The van der Waals surface area contributed by atoms with Crippen molar-refractivity contribution in [3.63, 3.8) is 0 Å². The third kappa shape index (κ3) is 4.70. The van der Waals surface area contributed by atoms with Crippen molar-refractivity contribution in [1.29, 1.82) is 0 Å². The summed E-state index contributed by atoms with van der Waals surface area (Å²) in [6.45, 7) is 4.07. The van der Waals surface area contributed by atoms with Gasteiger partial charge in [-0.3, -0.25) is 14.2 Å². The zero-order valence-corrected chi connectivity index (χ0v) is 22.7. The van der Waals surface area contributed by atoms with Gasteiger partial charge in [-0.05, 0) is 44.5 Å². The van der Waals surface area contributed by atoms with Gasteiger partial charge in [0.25, 0.3) is 5.56 Å². The number of benzene rings is 1.